The number of carboxylic acid groups (broad SMARTS) is 1. The molecule has 1 aromatic rings. The standard InChI is InChI=1S/C23H32ClN3O5/c1-22(2,3)32-21(31)25-11-15(20(29)30)10-16(12-25)27-13-19(28)26(14-23(27,4)5)18-9-7-6-8-17(18)24/h6-9,15-16H,10-14H2,1-5H3,(H,29,30)/t15-,16+/m0/s1. The van der Waals surface area contributed by atoms with Crippen LogP contribution in [-0.4, -0.2) is 76.2 Å². The molecule has 0 bridgehead atoms. The van der Waals surface area contributed by atoms with Crippen molar-refractivity contribution in [3.8, 4) is 0 Å². The van der Waals surface area contributed by atoms with E-state index in [1.165, 1.54) is 4.90 Å². The predicted molar refractivity (Wildman–Crippen MR) is 122 cm³/mol. The topological polar surface area (TPSA) is 90.4 Å². The van der Waals surface area contributed by atoms with Gasteiger partial charge in [0, 0.05) is 31.2 Å². The van der Waals surface area contributed by atoms with Crippen LogP contribution in [0.2, 0.25) is 5.02 Å². The van der Waals surface area contributed by atoms with E-state index in [1.807, 2.05) is 36.9 Å². The van der Waals surface area contributed by atoms with Gasteiger partial charge in [0.15, 0.2) is 0 Å². The van der Waals surface area contributed by atoms with Crippen LogP contribution in [0.15, 0.2) is 24.3 Å². The van der Waals surface area contributed by atoms with Crippen molar-refractivity contribution in [1.29, 1.82) is 0 Å². The molecule has 9 heteroatoms. The summed E-state index contributed by atoms with van der Waals surface area (Å²) in [6.45, 7) is 10.3. The van der Waals surface area contributed by atoms with E-state index in [1.54, 1.807) is 31.7 Å². The van der Waals surface area contributed by atoms with E-state index >= 15 is 0 Å². The van der Waals surface area contributed by atoms with Crippen molar-refractivity contribution in [2.45, 2.75) is 58.2 Å². The van der Waals surface area contributed by atoms with Gasteiger partial charge in [-0.15, -0.1) is 0 Å². The molecule has 0 unspecified atom stereocenters. The number of piperazine rings is 1. The molecule has 176 valence electrons. The number of rotatable bonds is 3. The number of likely N-dealkylation sites (tertiary alicyclic amines) is 1. The lowest BCUT2D eigenvalue weighted by Gasteiger charge is -2.52. The molecule has 2 aliphatic heterocycles. The summed E-state index contributed by atoms with van der Waals surface area (Å²) in [4.78, 5) is 42.8. The summed E-state index contributed by atoms with van der Waals surface area (Å²) in [6.07, 6.45) is -0.176. The first-order chi connectivity index (χ1) is 14.8. The van der Waals surface area contributed by atoms with E-state index in [0.717, 1.165) is 0 Å². The third-order valence-corrected chi connectivity index (χ3v) is 6.26. The Labute approximate surface area is 194 Å². The highest BCUT2D eigenvalue weighted by molar-refractivity contribution is 6.33. The molecule has 2 amide bonds. The number of piperidine rings is 1. The second-order valence-corrected chi connectivity index (χ2v) is 10.6. The number of hydrogen-bond acceptors (Lipinski definition) is 5. The molecule has 2 atom stereocenters. The van der Waals surface area contributed by atoms with Crippen LogP contribution in [-0.2, 0) is 14.3 Å². The minimum Gasteiger partial charge on any atom is -0.481 e. The summed E-state index contributed by atoms with van der Waals surface area (Å²) in [7, 11) is 0. The summed E-state index contributed by atoms with van der Waals surface area (Å²) >= 11 is 6.33. The van der Waals surface area contributed by atoms with E-state index < -0.39 is 29.1 Å². The highest BCUT2D eigenvalue weighted by atomic mass is 35.5. The van der Waals surface area contributed by atoms with Crippen molar-refractivity contribution in [1.82, 2.24) is 9.80 Å². The number of ether oxygens (including phenoxy) is 1. The molecule has 0 aromatic heterocycles. The van der Waals surface area contributed by atoms with Crippen molar-refractivity contribution in [3.63, 3.8) is 0 Å². The van der Waals surface area contributed by atoms with Gasteiger partial charge in [0.25, 0.3) is 0 Å². The largest absolute Gasteiger partial charge is 0.481 e. The van der Waals surface area contributed by atoms with Crippen molar-refractivity contribution < 1.29 is 24.2 Å². The SMILES string of the molecule is CC(C)(C)OC(=O)N1C[C@@H](C(=O)O)C[C@@H](N2CC(=O)N(c3ccccc3Cl)CC2(C)C)C1. The Morgan fingerprint density at radius 3 is 2.44 bits per heavy atom. The van der Waals surface area contributed by atoms with E-state index in [0.29, 0.717) is 30.2 Å². The van der Waals surface area contributed by atoms with Gasteiger partial charge in [0.1, 0.15) is 5.60 Å². The molecule has 32 heavy (non-hydrogen) atoms. The first-order valence-electron chi connectivity index (χ1n) is 10.8. The highest BCUT2D eigenvalue weighted by Crippen LogP contribution is 2.34. The number of carbonyl (C=O) groups is 3. The third-order valence-electron chi connectivity index (χ3n) is 5.94. The molecule has 2 fully saturated rings. The minimum absolute atomic E-state index is 0.0920. The summed E-state index contributed by atoms with van der Waals surface area (Å²) in [5.41, 5.74) is -0.481. The van der Waals surface area contributed by atoms with Gasteiger partial charge in [-0.3, -0.25) is 14.5 Å². The summed E-state index contributed by atoms with van der Waals surface area (Å²) in [5.74, 6) is -1.80. The Morgan fingerprint density at radius 2 is 1.84 bits per heavy atom. The summed E-state index contributed by atoms with van der Waals surface area (Å²) in [6, 6.07) is 6.94. The van der Waals surface area contributed by atoms with Gasteiger partial charge in [-0.05, 0) is 53.2 Å². The van der Waals surface area contributed by atoms with Gasteiger partial charge in [0.05, 0.1) is 23.2 Å². The van der Waals surface area contributed by atoms with Gasteiger partial charge in [-0.2, -0.15) is 0 Å². The maximum atomic E-state index is 13.1. The van der Waals surface area contributed by atoms with Crippen LogP contribution in [0.4, 0.5) is 10.5 Å². The molecule has 1 aromatic carbocycles. The fourth-order valence-electron chi connectivity index (χ4n) is 4.48. The third kappa shape index (κ3) is 5.35. The Balaban J connectivity index is 1.83. The van der Waals surface area contributed by atoms with Crippen LogP contribution in [0.5, 0.6) is 0 Å². The Hall–Kier alpha value is -2.32. The molecule has 0 spiro atoms. The van der Waals surface area contributed by atoms with E-state index in [-0.39, 0.29) is 25.0 Å². The Bertz CT molecular complexity index is 898. The monoisotopic (exact) mass is 465 g/mol. The number of nitrogens with zero attached hydrogens (tertiary/aromatic N) is 3. The second kappa shape index (κ2) is 8.90. The van der Waals surface area contributed by atoms with Crippen molar-refractivity contribution in [2.75, 3.05) is 31.1 Å². The first kappa shape index (κ1) is 24.3. The number of hydrogen-bond donors (Lipinski definition) is 1. The number of halogens is 1. The first-order valence-corrected chi connectivity index (χ1v) is 11.2. The van der Waals surface area contributed by atoms with Crippen molar-refractivity contribution in [3.05, 3.63) is 29.3 Å². The number of benzene rings is 1. The van der Waals surface area contributed by atoms with Crippen LogP contribution in [0.25, 0.3) is 0 Å². The quantitative estimate of drug-likeness (QED) is 0.735. The summed E-state index contributed by atoms with van der Waals surface area (Å²) in [5, 5.41) is 10.2. The van der Waals surface area contributed by atoms with E-state index in [4.69, 9.17) is 16.3 Å². The number of carbonyl (C=O) groups excluding carboxylic acids is 2. The van der Waals surface area contributed by atoms with E-state index in [9.17, 15) is 19.5 Å². The molecule has 2 aliphatic rings. The fourth-order valence-corrected chi connectivity index (χ4v) is 4.72. The number of para-hydroxylation sites is 1. The van der Waals surface area contributed by atoms with Crippen molar-refractivity contribution in [2.24, 2.45) is 5.92 Å². The average molecular weight is 466 g/mol. The van der Waals surface area contributed by atoms with Crippen LogP contribution < -0.4 is 4.90 Å². The van der Waals surface area contributed by atoms with Crippen LogP contribution in [0.1, 0.15) is 41.0 Å². The van der Waals surface area contributed by atoms with Gasteiger partial charge in [0.2, 0.25) is 5.91 Å². The lowest BCUT2D eigenvalue weighted by Crippen LogP contribution is -2.67. The molecule has 2 saturated heterocycles. The molecule has 0 saturated carbocycles. The molecule has 2 heterocycles. The second-order valence-electron chi connectivity index (χ2n) is 10.2. The number of aliphatic carboxylic acids is 1. The fraction of sp³-hybridized carbons (Fsp3) is 0.609. The number of amides is 2. The Morgan fingerprint density at radius 1 is 1.19 bits per heavy atom. The zero-order valence-electron chi connectivity index (χ0n) is 19.3. The van der Waals surface area contributed by atoms with Gasteiger partial charge in [-0.25, -0.2) is 4.79 Å². The predicted octanol–water partition coefficient (Wildman–Crippen LogP) is 3.48. The molecule has 1 N–H and O–H groups in total. The maximum Gasteiger partial charge on any atom is 0.410 e. The molecular formula is C23H32ClN3O5. The molecular weight excluding hydrogens is 434 g/mol. The Kier molecular flexibility index (Phi) is 6.77. The molecule has 0 radical (unpaired) electrons. The maximum absolute atomic E-state index is 13.1. The van der Waals surface area contributed by atoms with E-state index in [2.05, 4.69) is 0 Å². The van der Waals surface area contributed by atoms with Gasteiger partial charge in [-0.1, -0.05) is 23.7 Å². The average Bonchev–Trinajstić information content (AvgIpc) is 2.68. The molecule has 0 aliphatic carbocycles. The molecule has 8 nitrogen and oxygen atoms in total. The number of anilines is 1. The van der Waals surface area contributed by atoms with Crippen LogP contribution >= 0.6 is 11.6 Å². The molecule has 3 rings (SSSR count). The number of carboxylic acids is 1. The lowest BCUT2D eigenvalue weighted by atomic mass is 9.88. The van der Waals surface area contributed by atoms with Gasteiger partial charge >= 0.3 is 12.1 Å². The minimum atomic E-state index is -0.956. The van der Waals surface area contributed by atoms with Gasteiger partial charge < -0.3 is 19.6 Å². The smallest absolute Gasteiger partial charge is 0.410 e. The zero-order chi connectivity index (χ0) is 23.8. The van der Waals surface area contributed by atoms with Crippen LogP contribution in [0.3, 0.4) is 0 Å². The zero-order valence-corrected chi connectivity index (χ0v) is 20.1. The van der Waals surface area contributed by atoms with Crippen molar-refractivity contribution >= 4 is 35.3 Å². The lowest BCUT2D eigenvalue weighted by molar-refractivity contribution is -0.145. The highest BCUT2D eigenvalue weighted by Gasteiger charge is 2.46. The van der Waals surface area contributed by atoms with Crippen LogP contribution in [0, 0.1) is 5.92 Å². The normalized spacial score (nSPS) is 24.4. The summed E-state index contributed by atoms with van der Waals surface area (Å²) < 4.78 is 5.49.